The second-order valence-corrected chi connectivity index (χ2v) is 6.95. The molecule has 1 aliphatic carbocycles. The summed E-state index contributed by atoms with van der Waals surface area (Å²) in [6, 6.07) is 3.29. The molecule has 1 saturated carbocycles. The average molecular weight is 404 g/mol. The summed E-state index contributed by atoms with van der Waals surface area (Å²) < 4.78 is 77.9. The fourth-order valence-corrected chi connectivity index (χ4v) is 3.45. The molecule has 1 aliphatic heterocycles. The number of aromatic nitrogens is 3. The first-order valence-electron chi connectivity index (χ1n) is 8.52. The lowest BCUT2D eigenvalue weighted by molar-refractivity contribution is -0.155. The molecule has 0 aromatic carbocycles. The van der Waals surface area contributed by atoms with Crippen LogP contribution in [0.2, 0.25) is 0 Å². The van der Waals surface area contributed by atoms with Crippen molar-refractivity contribution in [3.8, 4) is 11.3 Å². The van der Waals surface area contributed by atoms with Crippen LogP contribution in [0.25, 0.3) is 11.3 Å². The molecule has 3 heterocycles. The quantitative estimate of drug-likeness (QED) is 0.794. The van der Waals surface area contributed by atoms with Gasteiger partial charge in [-0.05, 0) is 31.0 Å². The van der Waals surface area contributed by atoms with E-state index in [1.165, 1.54) is 6.07 Å². The van der Waals surface area contributed by atoms with E-state index in [2.05, 4.69) is 15.4 Å². The molecule has 0 radical (unpaired) electrons. The van der Waals surface area contributed by atoms with Gasteiger partial charge in [0.25, 0.3) is 0 Å². The smallest absolute Gasteiger partial charge is 0.347 e. The molecule has 1 unspecified atom stereocenters. The highest BCUT2D eigenvalue weighted by Gasteiger charge is 2.59. The van der Waals surface area contributed by atoms with Crippen molar-refractivity contribution in [3.05, 3.63) is 35.8 Å². The zero-order valence-electron chi connectivity index (χ0n) is 14.2. The summed E-state index contributed by atoms with van der Waals surface area (Å²) in [7, 11) is 0. The maximum atomic E-state index is 12.8. The van der Waals surface area contributed by atoms with E-state index in [1.54, 1.807) is 10.7 Å². The zero-order valence-corrected chi connectivity index (χ0v) is 14.2. The summed E-state index contributed by atoms with van der Waals surface area (Å²) in [6.07, 6.45) is -7.70. The molecule has 0 saturated heterocycles. The number of nitrogens with one attached hydrogen (secondary N) is 1. The van der Waals surface area contributed by atoms with Crippen molar-refractivity contribution in [2.45, 2.75) is 37.8 Å². The number of alkyl halides is 6. The zero-order chi connectivity index (χ0) is 20.3. The van der Waals surface area contributed by atoms with Crippen molar-refractivity contribution in [3.63, 3.8) is 0 Å². The van der Waals surface area contributed by atoms with E-state index < -0.39 is 41.8 Å². The van der Waals surface area contributed by atoms with Gasteiger partial charge in [-0.15, -0.1) is 0 Å². The molecule has 2 aliphatic rings. The van der Waals surface area contributed by atoms with Crippen molar-refractivity contribution in [1.82, 2.24) is 20.1 Å². The van der Waals surface area contributed by atoms with Crippen molar-refractivity contribution in [2.24, 2.45) is 11.8 Å². The van der Waals surface area contributed by atoms with Gasteiger partial charge in [0.1, 0.15) is 5.69 Å². The fraction of sp³-hybridized carbons (Fsp3) is 0.471. The maximum Gasteiger partial charge on any atom is 0.433 e. The summed E-state index contributed by atoms with van der Waals surface area (Å²) in [5.74, 6) is -3.34. The van der Waals surface area contributed by atoms with Crippen molar-refractivity contribution < 1.29 is 31.1 Å². The first-order chi connectivity index (χ1) is 13.0. The average Bonchev–Trinajstić information content (AvgIpc) is 3.20. The number of rotatable bonds is 3. The molecule has 1 fully saturated rings. The Bertz CT molecular complexity index is 919. The molecule has 0 bridgehead atoms. The summed E-state index contributed by atoms with van der Waals surface area (Å²) in [5, 5.41) is 6.85. The first-order valence-corrected chi connectivity index (χ1v) is 8.52. The van der Waals surface area contributed by atoms with E-state index in [-0.39, 0.29) is 17.7 Å². The van der Waals surface area contributed by atoms with Crippen LogP contribution in [-0.2, 0) is 17.5 Å². The Labute approximate surface area is 154 Å². The van der Waals surface area contributed by atoms with Gasteiger partial charge >= 0.3 is 12.4 Å². The van der Waals surface area contributed by atoms with Gasteiger partial charge in [-0.1, -0.05) is 0 Å². The van der Waals surface area contributed by atoms with Crippen LogP contribution in [-0.4, -0.2) is 26.8 Å². The number of carbonyl (C=O) groups excluding carboxylic acids is 1. The Hall–Kier alpha value is -2.59. The van der Waals surface area contributed by atoms with Crippen LogP contribution in [0.4, 0.5) is 26.3 Å². The SMILES string of the molecule is O=C(N[C@H]1CCn2nc(-c3ccnc(C(F)(F)F)c3)cc21)C1C[C@@H]1C(F)(F)F. The lowest BCUT2D eigenvalue weighted by Gasteiger charge is -2.12. The number of nitrogens with zero attached hydrogens (tertiary/aromatic N) is 3. The minimum Gasteiger partial charge on any atom is -0.347 e. The van der Waals surface area contributed by atoms with Crippen LogP contribution in [0.5, 0.6) is 0 Å². The second-order valence-electron chi connectivity index (χ2n) is 6.95. The summed E-state index contributed by atoms with van der Waals surface area (Å²) in [4.78, 5) is 15.4. The maximum absolute atomic E-state index is 12.8. The Morgan fingerprint density at radius 1 is 1.18 bits per heavy atom. The van der Waals surface area contributed by atoms with Crippen LogP contribution in [0, 0.1) is 11.8 Å². The van der Waals surface area contributed by atoms with Gasteiger partial charge in [0, 0.05) is 18.3 Å². The Balaban J connectivity index is 1.50. The van der Waals surface area contributed by atoms with Gasteiger partial charge in [0.05, 0.1) is 29.3 Å². The minimum atomic E-state index is -4.59. The van der Waals surface area contributed by atoms with Crippen LogP contribution < -0.4 is 5.32 Å². The predicted molar refractivity (Wildman–Crippen MR) is 83.6 cm³/mol. The van der Waals surface area contributed by atoms with E-state index in [1.807, 2.05) is 0 Å². The van der Waals surface area contributed by atoms with Crippen molar-refractivity contribution >= 4 is 5.91 Å². The van der Waals surface area contributed by atoms with Gasteiger partial charge in [0.2, 0.25) is 5.91 Å². The van der Waals surface area contributed by atoms with E-state index >= 15 is 0 Å². The monoisotopic (exact) mass is 404 g/mol. The number of pyridine rings is 1. The van der Waals surface area contributed by atoms with Gasteiger partial charge in [-0.2, -0.15) is 31.4 Å². The number of halogens is 6. The first kappa shape index (κ1) is 18.8. The van der Waals surface area contributed by atoms with Crippen molar-refractivity contribution in [2.75, 3.05) is 0 Å². The third kappa shape index (κ3) is 3.45. The normalized spacial score (nSPS) is 24.1. The van der Waals surface area contributed by atoms with Gasteiger partial charge in [-0.3, -0.25) is 14.5 Å². The van der Waals surface area contributed by atoms with Gasteiger partial charge in [0.15, 0.2) is 0 Å². The molecular weight excluding hydrogens is 390 g/mol. The lowest BCUT2D eigenvalue weighted by atomic mass is 10.1. The second kappa shape index (κ2) is 6.21. The molecule has 2 aromatic heterocycles. The topological polar surface area (TPSA) is 59.8 Å². The Kier molecular flexibility index (Phi) is 4.16. The number of amides is 1. The molecule has 1 amide bonds. The van der Waals surface area contributed by atoms with E-state index in [0.717, 1.165) is 12.3 Å². The highest BCUT2D eigenvalue weighted by Crippen LogP contribution is 2.50. The molecule has 1 N–H and O–H groups in total. The van der Waals surface area contributed by atoms with Crippen molar-refractivity contribution in [1.29, 1.82) is 0 Å². The number of hydrogen-bond acceptors (Lipinski definition) is 3. The number of fused-ring (bicyclic) bond motifs is 1. The van der Waals surface area contributed by atoms with Crippen LogP contribution in [0.1, 0.15) is 30.3 Å². The molecule has 3 atom stereocenters. The molecule has 150 valence electrons. The molecule has 28 heavy (non-hydrogen) atoms. The third-order valence-corrected chi connectivity index (χ3v) is 5.01. The molecule has 4 rings (SSSR count). The Morgan fingerprint density at radius 2 is 1.93 bits per heavy atom. The van der Waals surface area contributed by atoms with Crippen LogP contribution in [0.3, 0.4) is 0 Å². The number of carbonyl (C=O) groups is 1. The van der Waals surface area contributed by atoms with Crippen LogP contribution in [0.15, 0.2) is 24.4 Å². The summed E-state index contributed by atoms with van der Waals surface area (Å²) in [5.41, 5.74) is 0.00272. The lowest BCUT2D eigenvalue weighted by Crippen LogP contribution is -2.30. The molecule has 0 spiro atoms. The van der Waals surface area contributed by atoms with Gasteiger partial charge < -0.3 is 5.32 Å². The van der Waals surface area contributed by atoms with Crippen LogP contribution >= 0.6 is 0 Å². The Morgan fingerprint density at radius 3 is 2.57 bits per heavy atom. The number of aryl methyl sites for hydroxylation is 1. The highest BCUT2D eigenvalue weighted by atomic mass is 19.4. The van der Waals surface area contributed by atoms with E-state index in [9.17, 15) is 31.1 Å². The van der Waals surface area contributed by atoms with E-state index in [0.29, 0.717) is 18.7 Å². The standard InChI is InChI=1S/C17H14F6N4O/c18-16(19,20)10-6-9(10)15(28)25-11-2-4-27-13(11)7-12(26-27)8-1-3-24-14(5-8)17(21,22)23/h1,3,5,7,9-11H,2,4,6H2,(H,25,28)/t9?,10-,11-/m0/s1. The fourth-order valence-electron chi connectivity index (χ4n) is 3.45. The third-order valence-electron chi connectivity index (χ3n) is 5.01. The molecular formula is C17H14F6N4O. The molecule has 5 nitrogen and oxygen atoms in total. The number of hydrogen-bond donors (Lipinski definition) is 1. The highest BCUT2D eigenvalue weighted by molar-refractivity contribution is 5.82. The summed E-state index contributed by atoms with van der Waals surface area (Å²) in [6.45, 7) is 0.408. The molecule has 2 aromatic rings. The minimum absolute atomic E-state index is 0.216. The predicted octanol–water partition coefficient (Wildman–Crippen LogP) is 3.72. The summed E-state index contributed by atoms with van der Waals surface area (Å²) >= 11 is 0. The van der Waals surface area contributed by atoms with Gasteiger partial charge in [-0.25, -0.2) is 0 Å². The largest absolute Gasteiger partial charge is 0.433 e. The van der Waals surface area contributed by atoms with E-state index in [4.69, 9.17) is 0 Å². The molecule has 11 heteroatoms.